The summed E-state index contributed by atoms with van der Waals surface area (Å²) in [5.41, 5.74) is 8.86. The van der Waals surface area contributed by atoms with Crippen LogP contribution >= 0.6 is 0 Å². The van der Waals surface area contributed by atoms with Gasteiger partial charge in [-0.05, 0) is 62.4 Å². The van der Waals surface area contributed by atoms with Gasteiger partial charge in [-0.25, -0.2) is 4.79 Å². The van der Waals surface area contributed by atoms with E-state index in [2.05, 4.69) is 4.90 Å². The Morgan fingerprint density at radius 1 is 1.20 bits per heavy atom. The molecule has 2 aromatic rings. The van der Waals surface area contributed by atoms with Gasteiger partial charge in [-0.15, -0.1) is 0 Å². The lowest BCUT2D eigenvalue weighted by molar-refractivity contribution is 0.0999. The van der Waals surface area contributed by atoms with Gasteiger partial charge < -0.3 is 35.2 Å². The fourth-order valence-corrected chi connectivity index (χ4v) is 4.54. The molecule has 9 nitrogen and oxygen atoms in total. The van der Waals surface area contributed by atoms with Crippen LogP contribution in [0.1, 0.15) is 41.8 Å². The second kappa shape index (κ2) is 12.3. The highest BCUT2D eigenvalue weighted by atomic mass is 16.5. The number of aliphatic hydroxyl groups excluding tert-OH is 1. The molecule has 0 fully saturated rings. The smallest absolute Gasteiger partial charge is 0.407 e. The molecule has 2 amide bonds. The van der Waals surface area contributed by atoms with Gasteiger partial charge in [0.2, 0.25) is 0 Å². The highest BCUT2D eigenvalue weighted by Gasteiger charge is 2.27. The van der Waals surface area contributed by atoms with Crippen molar-refractivity contribution in [3.05, 3.63) is 53.1 Å². The van der Waals surface area contributed by atoms with Crippen LogP contribution < -0.4 is 20.1 Å². The molecule has 1 aliphatic heterocycles. The molecule has 3 rings (SSSR count). The summed E-state index contributed by atoms with van der Waals surface area (Å²) in [6.45, 7) is 6.09. The van der Waals surface area contributed by atoms with E-state index in [1.165, 1.54) is 4.90 Å². The number of para-hydroxylation sites is 2. The molecule has 9 heteroatoms. The van der Waals surface area contributed by atoms with Crippen molar-refractivity contribution < 1.29 is 29.3 Å². The molecule has 1 atom stereocenters. The Hall–Kier alpha value is -3.46. The van der Waals surface area contributed by atoms with E-state index in [0.717, 1.165) is 29.8 Å². The Morgan fingerprint density at radius 2 is 1.91 bits per heavy atom. The van der Waals surface area contributed by atoms with Gasteiger partial charge in [-0.2, -0.15) is 0 Å². The lowest BCUT2D eigenvalue weighted by atomic mass is 9.97. The number of carbonyl (C=O) groups excluding carboxylic acids is 1. The van der Waals surface area contributed by atoms with Crippen molar-refractivity contribution in [2.75, 3.05) is 44.4 Å². The predicted molar refractivity (Wildman–Crippen MR) is 134 cm³/mol. The van der Waals surface area contributed by atoms with E-state index >= 15 is 0 Å². The molecule has 190 valence electrons. The lowest BCUT2D eigenvalue weighted by Gasteiger charge is -2.27. The summed E-state index contributed by atoms with van der Waals surface area (Å²) in [4.78, 5) is 27.6. The largest absolute Gasteiger partial charge is 0.490 e. The maximum absolute atomic E-state index is 12.2. The second-order valence-corrected chi connectivity index (χ2v) is 8.59. The van der Waals surface area contributed by atoms with E-state index in [9.17, 15) is 19.8 Å². The third-order valence-corrected chi connectivity index (χ3v) is 6.12. The molecule has 1 heterocycles. The highest BCUT2D eigenvalue weighted by Crippen LogP contribution is 2.34. The normalized spacial score (nSPS) is 13.3. The Morgan fingerprint density at radius 3 is 2.54 bits per heavy atom. The number of carbonyl (C=O) groups is 2. The number of aliphatic hydroxyl groups is 1. The number of fused-ring (bicyclic) bond motifs is 1. The maximum Gasteiger partial charge on any atom is 0.407 e. The number of nitrogens with zero attached hydrogens (tertiary/aromatic N) is 2. The van der Waals surface area contributed by atoms with Crippen LogP contribution in [-0.4, -0.2) is 72.6 Å². The number of nitrogens with two attached hydrogens (primary N) is 1. The number of benzene rings is 2. The topological polar surface area (TPSA) is 126 Å². The second-order valence-electron chi connectivity index (χ2n) is 8.59. The van der Waals surface area contributed by atoms with Crippen molar-refractivity contribution in [1.29, 1.82) is 0 Å². The van der Waals surface area contributed by atoms with Crippen molar-refractivity contribution in [1.82, 2.24) is 4.90 Å². The molecule has 2 aromatic carbocycles. The van der Waals surface area contributed by atoms with Crippen LogP contribution in [0.3, 0.4) is 0 Å². The first-order valence-corrected chi connectivity index (χ1v) is 12.0. The molecule has 0 unspecified atom stereocenters. The van der Waals surface area contributed by atoms with Crippen molar-refractivity contribution in [2.24, 2.45) is 5.73 Å². The zero-order valence-electron chi connectivity index (χ0n) is 20.4. The number of amides is 2. The first-order chi connectivity index (χ1) is 16.8. The highest BCUT2D eigenvalue weighted by molar-refractivity contribution is 6.00. The third kappa shape index (κ3) is 6.57. The summed E-state index contributed by atoms with van der Waals surface area (Å²) in [5.74, 6) is 0.681. The van der Waals surface area contributed by atoms with Crippen molar-refractivity contribution in [3.63, 3.8) is 0 Å². The van der Waals surface area contributed by atoms with Crippen LogP contribution in [0, 0.1) is 0 Å². The zero-order chi connectivity index (χ0) is 25.4. The molecular formula is C26H35N3O6. The van der Waals surface area contributed by atoms with E-state index in [0.29, 0.717) is 43.1 Å². The number of carboxylic acid groups (broad SMARTS) is 1. The Bertz CT molecular complexity index is 1030. The molecule has 0 aliphatic carbocycles. The monoisotopic (exact) mass is 485 g/mol. The van der Waals surface area contributed by atoms with E-state index in [1.807, 2.05) is 38.1 Å². The zero-order valence-corrected chi connectivity index (χ0v) is 20.4. The van der Waals surface area contributed by atoms with Crippen molar-refractivity contribution in [3.8, 4) is 11.5 Å². The van der Waals surface area contributed by atoms with Gasteiger partial charge >= 0.3 is 6.09 Å². The third-order valence-electron chi connectivity index (χ3n) is 6.12. The van der Waals surface area contributed by atoms with E-state index in [1.54, 1.807) is 12.1 Å². The fraction of sp³-hybridized carbons (Fsp3) is 0.462. The van der Waals surface area contributed by atoms with Gasteiger partial charge in [0.1, 0.15) is 6.61 Å². The number of primary amides is 1. The fourth-order valence-electron chi connectivity index (χ4n) is 4.54. The molecule has 0 aromatic heterocycles. The molecular weight excluding hydrogens is 450 g/mol. The number of anilines is 1. The summed E-state index contributed by atoms with van der Waals surface area (Å²) >= 11 is 0. The SMILES string of the molecule is CCOc1ccccc1OCCN(C(=O)O)[C@H](C)Cc1cc2c(c(C(N)=O)c1)N(CCCO)CC2. The van der Waals surface area contributed by atoms with Crippen LogP contribution in [0.15, 0.2) is 36.4 Å². The van der Waals surface area contributed by atoms with E-state index in [-0.39, 0.29) is 25.8 Å². The number of ether oxygens (including phenoxy) is 2. The molecule has 4 N–H and O–H groups in total. The van der Waals surface area contributed by atoms with Crippen LogP contribution in [0.25, 0.3) is 0 Å². The number of hydrogen-bond acceptors (Lipinski definition) is 6. The molecule has 0 saturated carbocycles. The van der Waals surface area contributed by atoms with Crippen molar-refractivity contribution in [2.45, 2.75) is 39.2 Å². The Kier molecular flexibility index (Phi) is 9.19. The van der Waals surface area contributed by atoms with Gasteiger partial charge in [0.25, 0.3) is 5.91 Å². The molecule has 0 radical (unpaired) electrons. The summed E-state index contributed by atoms with van der Waals surface area (Å²) in [7, 11) is 0. The van der Waals surface area contributed by atoms with Gasteiger partial charge in [-0.1, -0.05) is 18.2 Å². The van der Waals surface area contributed by atoms with Gasteiger partial charge in [0, 0.05) is 25.7 Å². The maximum atomic E-state index is 12.2. The summed E-state index contributed by atoms with van der Waals surface area (Å²) in [5, 5.41) is 19.0. The standard InChI is InChI=1S/C26H35N3O6/c1-3-34-22-7-4-5-8-23(22)35-14-12-29(26(32)33)18(2)15-19-16-20-9-11-28(10-6-13-30)24(20)21(17-19)25(27)31/h4-5,7-8,16-18,30H,3,6,9-15H2,1-2H3,(H2,27,31)(H,32,33)/t18-/m1/s1. The van der Waals surface area contributed by atoms with Crippen LogP contribution in [0.4, 0.5) is 10.5 Å². The first-order valence-electron chi connectivity index (χ1n) is 12.0. The average Bonchev–Trinajstić information content (AvgIpc) is 3.23. The van der Waals surface area contributed by atoms with E-state index in [4.69, 9.17) is 15.2 Å². The minimum absolute atomic E-state index is 0.0826. The van der Waals surface area contributed by atoms with Gasteiger partial charge in [0.05, 0.1) is 24.4 Å². The van der Waals surface area contributed by atoms with Crippen LogP contribution in [0.5, 0.6) is 11.5 Å². The summed E-state index contributed by atoms with van der Waals surface area (Å²) < 4.78 is 11.4. The molecule has 35 heavy (non-hydrogen) atoms. The van der Waals surface area contributed by atoms with Gasteiger partial charge in [0.15, 0.2) is 11.5 Å². The lowest BCUT2D eigenvalue weighted by Crippen LogP contribution is -2.41. The minimum atomic E-state index is -1.04. The average molecular weight is 486 g/mol. The van der Waals surface area contributed by atoms with Gasteiger partial charge in [-0.3, -0.25) is 4.79 Å². The van der Waals surface area contributed by atoms with Crippen molar-refractivity contribution >= 4 is 17.7 Å². The summed E-state index contributed by atoms with van der Waals surface area (Å²) in [6, 6.07) is 10.8. The van der Waals surface area contributed by atoms with Crippen LogP contribution in [0.2, 0.25) is 0 Å². The molecule has 0 spiro atoms. The van der Waals surface area contributed by atoms with Crippen LogP contribution in [-0.2, 0) is 12.8 Å². The molecule has 0 bridgehead atoms. The quantitative estimate of drug-likeness (QED) is 0.398. The summed E-state index contributed by atoms with van der Waals surface area (Å²) in [6.07, 6.45) is 0.789. The molecule has 1 aliphatic rings. The predicted octanol–water partition coefficient (Wildman–Crippen LogP) is 2.92. The first kappa shape index (κ1) is 26.2. The Labute approximate surface area is 206 Å². The number of rotatable bonds is 13. The Balaban J connectivity index is 1.70. The van der Waals surface area contributed by atoms with E-state index < -0.39 is 12.0 Å². The minimum Gasteiger partial charge on any atom is -0.490 e. The number of hydrogen-bond donors (Lipinski definition) is 3. The molecule has 0 saturated heterocycles.